The summed E-state index contributed by atoms with van der Waals surface area (Å²) < 4.78 is 19.9. The van der Waals surface area contributed by atoms with Crippen LogP contribution in [0.1, 0.15) is 25.8 Å². The smallest absolute Gasteiger partial charge is 0.287 e. The Labute approximate surface area is 151 Å². The summed E-state index contributed by atoms with van der Waals surface area (Å²) in [6, 6.07) is 8.24. The molecule has 0 unspecified atom stereocenters. The number of benzene rings is 1. The van der Waals surface area contributed by atoms with Gasteiger partial charge in [0.2, 0.25) is 5.78 Å². The fourth-order valence-electron chi connectivity index (χ4n) is 2.92. The molecule has 26 heavy (non-hydrogen) atoms. The molecule has 1 aromatic carbocycles. The highest BCUT2D eigenvalue weighted by Gasteiger charge is 2.28. The Morgan fingerprint density at radius 2 is 2.19 bits per heavy atom. The summed E-state index contributed by atoms with van der Waals surface area (Å²) in [6.07, 6.45) is 2.37. The summed E-state index contributed by atoms with van der Waals surface area (Å²) in [7, 11) is 0. The first-order valence-electron chi connectivity index (χ1n) is 8.72. The monoisotopic (exact) mass is 356 g/mol. The molecule has 0 fully saturated rings. The zero-order chi connectivity index (χ0) is 18.7. The highest BCUT2D eigenvalue weighted by molar-refractivity contribution is 6.36. The van der Waals surface area contributed by atoms with Gasteiger partial charge in [-0.25, -0.2) is 4.39 Å². The second-order valence-electron chi connectivity index (χ2n) is 6.48. The van der Waals surface area contributed by atoms with Gasteiger partial charge < -0.3 is 10.1 Å². The van der Waals surface area contributed by atoms with E-state index in [1.54, 1.807) is 25.3 Å². The topological polar surface area (TPSA) is 68.3 Å². The van der Waals surface area contributed by atoms with Crippen LogP contribution in [0.4, 0.5) is 4.39 Å². The van der Waals surface area contributed by atoms with Crippen molar-refractivity contribution in [3.05, 3.63) is 47.9 Å². The van der Waals surface area contributed by atoms with E-state index in [2.05, 4.69) is 10.3 Å². The molecule has 6 heteroatoms. The van der Waals surface area contributed by atoms with E-state index in [9.17, 15) is 14.0 Å². The molecule has 0 spiro atoms. The molecule has 1 aliphatic rings. The number of Topliss-reactive ketones (excluding diaryl/α,β-unsaturated/α-hetero) is 1. The van der Waals surface area contributed by atoms with Gasteiger partial charge in [-0.05, 0) is 30.7 Å². The zero-order valence-corrected chi connectivity index (χ0v) is 14.8. The van der Waals surface area contributed by atoms with Crippen LogP contribution < -0.4 is 10.1 Å². The Morgan fingerprint density at radius 1 is 1.38 bits per heavy atom. The Kier molecular flexibility index (Phi) is 5.30. The third-order valence-corrected chi connectivity index (χ3v) is 4.58. The number of halogens is 1. The van der Waals surface area contributed by atoms with Crippen molar-refractivity contribution in [1.29, 1.82) is 0 Å². The van der Waals surface area contributed by atoms with Crippen molar-refractivity contribution >= 4 is 11.7 Å². The third kappa shape index (κ3) is 3.74. The number of aromatic nitrogens is 1. The van der Waals surface area contributed by atoms with E-state index >= 15 is 0 Å². The minimum atomic E-state index is -0.602. The maximum atomic E-state index is 14.0. The fraction of sp³-hybridized carbons (Fsp3) is 0.350. The van der Waals surface area contributed by atoms with E-state index < -0.39 is 11.7 Å². The van der Waals surface area contributed by atoms with Crippen molar-refractivity contribution in [3.63, 3.8) is 0 Å². The number of ketones is 1. The van der Waals surface area contributed by atoms with Crippen LogP contribution in [0.25, 0.3) is 11.3 Å². The Balaban J connectivity index is 1.71. The second kappa shape index (κ2) is 7.64. The van der Waals surface area contributed by atoms with Gasteiger partial charge in [-0.2, -0.15) is 0 Å². The molecule has 3 rings (SSSR count). The lowest BCUT2D eigenvalue weighted by Crippen LogP contribution is -2.40. The van der Waals surface area contributed by atoms with E-state index in [4.69, 9.17) is 4.74 Å². The normalized spacial score (nSPS) is 16.5. The molecule has 2 heterocycles. The molecule has 5 nitrogen and oxygen atoms in total. The van der Waals surface area contributed by atoms with Crippen molar-refractivity contribution in [3.8, 4) is 17.0 Å². The van der Waals surface area contributed by atoms with Crippen LogP contribution in [0.2, 0.25) is 0 Å². The number of nitrogens with one attached hydrogen (secondary N) is 1. The predicted octanol–water partition coefficient (Wildman–Crippen LogP) is 2.92. The average Bonchev–Trinajstić information content (AvgIpc) is 3.07. The Hall–Kier alpha value is -2.76. The third-order valence-electron chi connectivity index (χ3n) is 4.58. The van der Waals surface area contributed by atoms with Gasteiger partial charge in [-0.15, -0.1) is 0 Å². The van der Waals surface area contributed by atoms with E-state index in [1.165, 1.54) is 12.1 Å². The first-order valence-corrected chi connectivity index (χ1v) is 8.72. The van der Waals surface area contributed by atoms with Crippen molar-refractivity contribution in [2.24, 2.45) is 5.92 Å². The molecule has 2 atom stereocenters. The molecular formula is C20H21FN2O3. The Morgan fingerprint density at radius 3 is 2.88 bits per heavy atom. The van der Waals surface area contributed by atoms with Gasteiger partial charge in [0.15, 0.2) is 0 Å². The molecule has 2 aromatic rings. The van der Waals surface area contributed by atoms with E-state index in [1.807, 2.05) is 13.0 Å². The molecule has 1 aliphatic heterocycles. The van der Waals surface area contributed by atoms with Crippen LogP contribution in [0.3, 0.4) is 0 Å². The van der Waals surface area contributed by atoms with Crippen LogP contribution in [0, 0.1) is 11.7 Å². The maximum absolute atomic E-state index is 14.0. The number of pyridine rings is 1. The minimum Gasteiger partial charge on any atom is -0.487 e. The van der Waals surface area contributed by atoms with Gasteiger partial charge in [0, 0.05) is 29.7 Å². The van der Waals surface area contributed by atoms with E-state index in [-0.39, 0.29) is 24.4 Å². The fourth-order valence-corrected chi connectivity index (χ4v) is 2.92. The number of hydrogen-bond acceptors (Lipinski definition) is 4. The summed E-state index contributed by atoms with van der Waals surface area (Å²) in [5.41, 5.74) is 1.95. The highest BCUT2D eigenvalue weighted by Crippen LogP contribution is 2.38. The lowest BCUT2D eigenvalue weighted by molar-refractivity contribution is -0.140. The average molecular weight is 356 g/mol. The van der Waals surface area contributed by atoms with Gasteiger partial charge in [0.25, 0.3) is 5.91 Å². The second-order valence-corrected chi connectivity index (χ2v) is 6.48. The molecule has 1 N–H and O–H groups in total. The van der Waals surface area contributed by atoms with Crippen molar-refractivity contribution in [2.45, 2.75) is 32.8 Å². The number of amides is 1. The van der Waals surface area contributed by atoms with E-state index in [0.29, 0.717) is 29.8 Å². The molecular weight excluding hydrogens is 335 g/mol. The number of ether oxygens (including phenoxy) is 1. The standard InChI is InChI=1S/C20H21FN2O3/c1-3-12(2)18(24)20(25)23-11-15-9-13-8-14(21)10-16(19(13)26-15)17-6-4-5-7-22-17/h4-8,10,12,15H,3,9,11H2,1-2H3,(H,23,25)/t12-,15-/m1/s1. The Bertz CT molecular complexity index is 823. The number of rotatable bonds is 6. The van der Waals surface area contributed by atoms with Gasteiger partial charge in [-0.1, -0.05) is 19.9 Å². The molecule has 1 aromatic heterocycles. The van der Waals surface area contributed by atoms with Crippen LogP contribution >= 0.6 is 0 Å². The zero-order valence-electron chi connectivity index (χ0n) is 14.8. The summed E-state index contributed by atoms with van der Waals surface area (Å²) in [5.74, 6) is -1.11. The molecule has 1 amide bonds. The molecule has 0 saturated carbocycles. The van der Waals surface area contributed by atoms with Crippen LogP contribution in [-0.4, -0.2) is 29.3 Å². The predicted molar refractivity (Wildman–Crippen MR) is 95.2 cm³/mol. The molecule has 0 radical (unpaired) electrons. The van der Waals surface area contributed by atoms with Crippen LogP contribution in [0.15, 0.2) is 36.5 Å². The summed E-state index contributed by atoms with van der Waals surface area (Å²) in [5, 5.41) is 2.63. The molecule has 136 valence electrons. The van der Waals surface area contributed by atoms with Crippen molar-refractivity contribution in [2.75, 3.05) is 6.54 Å². The van der Waals surface area contributed by atoms with Gasteiger partial charge in [0.1, 0.15) is 17.7 Å². The molecule has 0 aliphatic carbocycles. The van der Waals surface area contributed by atoms with Gasteiger partial charge in [-0.3, -0.25) is 14.6 Å². The lowest BCUT2D eigenvalue weighted by Gasteiger charge is -2.14. The highest BCUT2D eigenvalue weighted by atomic mass is 19.1. The van der Waals surface area contributed by atoms with E-state index in [0.717, 1.165) is 5.56 Å². The minimum absolute atomic E-state index is 0.193. The quantitative estimate of drug-likeness (QED) is 0.808. The number of carbonyl (C=O) groups excluding carboxylic acids is 2. The molecule has 0 bridgehead atoms. The van der Waals surface area contributed by atoms with Gasteiger partial charge >= 0.3 is 0 Å². The van der Waals surface area contributed by atoms with Crippen molar-refractivity contribution in [1.82, 2.24) is 10.3 Å². The largest absolute Gasteiger partial charge is 0.487 e. The first-order chi connectivity index (χ1) is 12.5. The maximum Gasteiger partial charge on any atom is 0.287 e. The summed E-state index contributed by atoms with van der Waals surface area (Å²) in [6.45, 7) is 3.78. The van der Waals surface area contributed by atoms with Gasteiger partial charge in [0.05, 0.1) is 12.2 Å². The molecule has 0 saturated heterocycles. The number of hydrogen-bond donors (Lipinski definition) is 1. The number of nitrogens with zero attached hydrogens (tertiary/aromatic N) is 1. The summed E-state index contributed by atoms with van der Waals surface area (Å²) in [4.78, 5) is 28.1. The number of carbonyl (C=O) groups is 2. The first kappa shape index (κ1) is 18.0. The van der Waals surface area contributed by atoms with Crippen molar-refractivity contribution < 1.29 is 18.7 Å². The summed E-state index contributed by atoms with van der Waals surface area (Å²) >= 11 is 0. The SMILES string of the molecule is CC[C@@H](C)C(=O)C(=O)NC[C@H]1Cc2cc(F)cc(-c3ccccn3)c2O1. The lowest BCUT2D eigenvalue weighted by atomic mass is 10.0. The van der Waals surface area contributed by atoms with Crippen LogP contribution in [0.5, 0.6) is 5.75 Å². The van der Waals surface area contributed by atoms with Crippen LogP contribution in [-0.2, 0) is 16.0 Å². The number of fused-ring (bicyclic) bond motifs is 1.